The zero-order valence-corrected chi connectivity index (χ0v) is 13.6. The van der Waals surface area contributed by atoms with Crippen LogP contribution in [0.15, 0.2) is 23.0 Å². The fourth-order valence-corrected chi connectivity index (χ4v) is 2.89. The molecular weight excluding hydrogens is 334 g/mol. The van der Waals surface area contributed by atoms with Crippen LogP contribution in [0.3, 0.4) is 0 Å². The summed E-state index contributed by atoms with van der Waals surface area (Å²) in [5, 5.41) is 15.5. The van der Waals surface area contributed by atoms with Crippen molar-refractivity contribution in [3.63, 3.8) is 0 Å². The van der Waals surface area contributed by atoms with Crippen LogP contribution in [0, 0.1) is 0 Å². The fourth-order valence-electron chi connectivity index (χ4n) is 2.64. The van der Waals surface area contributed by atoms with Gasteiger partial charge >= 0.3 is 0 Å². The normalized spacial score (nSPS) is 16.0. The van der Waals surface area contributed by atoms with Gasteiger partial charge in [0, 0.05) is 6.07 Å². The van der Waals surface area contributed by atoms with E-state index in [4.69, 9.17) is 26.6 Å². The van der Waals surface area contributed by atoms with Crippen molar-refractivity contribution in [3.05, 3.63) is 29.3 Å². The van der Waals surface area contributed by atoms with Gasteiger partial charge < -0.3 is 15.0 Å². The molecule has 1 aliphatic rings. The van der Waals surface area contributed by atoms with Crippen molar-refractivity contribution in [2.24, 2.45) is 5.73 Å². The van der Waals surface area contributed by atoms with Gasteiger partial charge in [0.05, 0.1) is 28.9 Å². The predicted octanol–water partition coefficient (Wildman–Crippen LogP) is 1.71. The van der Waals surface area contributed by atoms with Crippen LogP contribution >= 0.6 is 11.6 Å². The lowest BCUT2D eigenvalue weighted by Crippen LogP contribution is -2.44. The molecule has 2 N–H and O–H groups in total. The summed E-state index contributed by atoms with van der Waals surface area (Å²) < 4.78 is 12.2. The molecule has 1 aromatic carbocycles. The molecule has 3 aromatic rings. The molecule has 24 heavy (non-hydrogen) atoms. The van der Waals surface area contributed by atoms with Gasteiger partial charge in [0.15, 0.2) is 5.82 Å². The number of halogens is 1. The van der Waals surface area contributed by atoms with Gasteiger partial charge in [0.2, 0.25) is 0 Å². The van der Waals surface area contributed by atoms with Crippen molar-refractivity contribution in [1.29, 1.82) is 0 Å². The Bertz CT molecular complexity index is 873. The summed E-state index contributed by atoms with van der Waals surface area (Å²) in [6, 6.07) is 3.39. The molecule has 2 aromatic heterocycles. The first-order valence-electron chi connectivity index (χ1n) is 7.35. The number of aromatic nitrogens is 6. The van der Waals surface area contributed by atoms with E-state index in [-0.39, 0.29) is 0 Å². The van der Waals surface area contributed by atoms with E-state index in [1.54, 1.807) is 19.2 Å². The topological polar surface area (TPSA) is 118 Å². The molecule has 1 saturated carbocycles. The summed E-state index contributed by atoms with van der Waals surface area (Å²) in [5.74, 6) is 1.33. The van der Waals surface area contributed by atoms with Crippen molar-refractivity contribution in [2.45, 2.75) is 24.8 Å². The Labute approximate surface area is 141 Å². The first-order valence-corrected chi connectivity index (χ1v) is 7.73. The molecule has 10 heteroatoms. The summed E-state index contributed by atoms with van der Waals surface area (Å²) in [4.78, 5) is 4.43. The second-order valence-electron chi connectivity index (χ2n) is 5.69. The molecule has 0 aliphatic heterocycles. The standard InChI is InChI=1S/C14H14ClN7O2/c1-23-11-6-10(22-7-17-20-21-22)9(15)5-8(11)12-18-13(19-24-12)14(16)3-2-4-14/h5-7H,2-4,16H2,1H3. The smallest absolute Gasteiger partial charge is 0.261 e. The minimum absolute atomic E-state index is 0.309. The number of hydrogen-bond acceptors (Lipinski definition) is 8. The summed E-state index contributed by atoms with van der Waals surface area (Å²) in [6.07, 6.45) is 4.21. The van der Waals surface area contributed by atoms with Crippen molar-refractivity contribution in [1.82, 2.24) is 30.3 Å². The van der Waals surface area contributed by atoms with Crippen molar-refractivity contribution in [3.8, 4) is 22.9 Å². The Kier molecular flexibility index (Phi) is 3.47. The third-order valence-electron chi connectivity index (χ3n) is 4.21. The second kappa shape index (κ2) is 5.53. The van der Waals surface area contributed by atoms with E-state index in [1.165, 1.54) is 11.0 Å². The van der Waals surface area contributed by atoms with Crippen molar-refractivity contribution in [2.75, 3.05) is 7.11 Å². The van der Waals surface area contributed by atoms with Gasteiger partial charge in [0.1, 0.15) is 12.1 Å². The van der Waals surface area contributed by atoms with Gasteiger partial charge in [-0.05, 0) is 35.8 Å². The molecule has 9 nitrogen and oxygen atoms in total. The van der Waals surface area contributed by atoms with E-state index < -0.39 is 5.54 Å². The van der Waals surface area contributed by atoms with Crippen LogP contribution < -0.4 is 10.5 Å². The van der Waals surface area contributed by atoms with E-state index in [9.17, 15) is 0 Å². The van der Waals surface area contributed by atoms with Crippen LogP contribution in [0.2, 0.25) is 5.02 Å². The molecule has 1 aliphatic carbocycles. The first kappa shape index (κ1) is 15.0. The van der Waals surface area contributed by atoms with E-state index in [1.807, 2.05) is 0 Å². The maximum atomic E-state index is 6.35. The van der Waals surface area contributed by atoms with Gasteiger partial charge in [-0.3, -0.25) is 0 Å². The molecule has 0 atom stereocenters. The Hall–Kier alpha value is -2.52. The van der Waals surface area contributed by atoms with Gasteiger partial charge in [0.25, 0.3) is 5.89 Å². The third-order valence-corrected chi connectivity index (χ3v) is 4.52. The van der Waals surface area contributed by atoms with Crippen LogP contribution in [0.5, 0.6) is 5.75 Å². The molecule has 2 heterocycles. The van der Waals surface area contributed by atoms with Gasteiger partial charge in [-0.1, -0.05) is 16.8 Å². The lowest BCUT2D eigenvalue weighted by atomic mass is 9.77. The number of methoxy groups -OCH3 is 1. The minimum atomic E-state index is -0.495. The average Bonchev–Trinajstić information content (AvgIpc) is 3.24. The predicted molar refractivity (Wildman–Crippen MR) is 83.7 cm³/mol. The molecule has 0 amide bonds. The lowest BCUT2D eigenvalue weighted by molar-refractivity contribution is 0.229. The lowest BCUT2D eigenvalue weighted by Gasteiger charge is -2.34. The highest BCUT2D eigenvalue weighted by Crippen LogP contribution is 2.40. The summed E-state index contributed by atoms with van der Waals surface area (Å²) >= 11 is 6.35. The zero-order valence-electron chi connectivity index (χ0n) is 12.8. The molecule has 0 unspecified atom stereocenters. The van der Waals surface area contributed by atoms with E-state index >= 15 is 0 Å². The summed E-state index contributed by atoms with van der Waals surface area (Å²) in [6.45, 7) is 0. The van der Waals surface area contributed by atoms with Gasteiger partial charge in [-0.15, -0.1) is 5.10 Å². The number of nitrogens with zero attached hydrogens (tertiary/aromatic N) is 6. The monoisotopic (exact) mass is 347 g/mol. The molecule has 0 saturated heterocycles. The van der Waals surface area contributed by atoms with E-state index in [0.29, 0.717) is 33.7 Å². The Morgan fingerprint density at radius 1 is 1.38 bits per heavy atom. The number of hydrogen-bond donors (Lipinski definition) is 1. The number of nitrogens with two attached hydrogens (primary N) is 1. The molecule has 4 rings (SSSR count). The number of rotatable bonds is 4. The highest BCUT2D eigenvalue weighted by molar-refractivity contribution is 6.32. The van der Waals surface area contributed by atoms with Crippen LogP contribution in [-0.4, -0.2) is 37.5 Å². The Morgan fingerprint density at radius 3 is 2.83 bits per heavy atom. The summed E-state index contributed by atoms with van der Waals surface area (Å²) in [7, 11) is 1.55. The fraction of sp³-hybridized carbons (Fsp3) is 0.357. The summed E-state index contributed by atoms with van der Waals surface area (Å²) in [5.41, 5.74) is 6.91. The SMILES string of the molecule is COc1cc(-n2cnnn2)c(Cl)cc1-c1nc(C2(N)CCC2)no1. The molecule has 0 bridgehead atoms. The highest BCUT2D eigenvalue weighted by Gasteiger charge is 2.39. The third kappa shape index (κ3) is 2.33. The van der Waals surface area contributed by atoms with Crippen LogP contribution in [-0.2, 0) is 5.54 Å². The van der Waals surface area contributed by atoms with Gasteiger partial charge in [-0.25, -0.2) is 0 Å². The largest absolute Gasteiger partial charge is 0.496 e. The van der Waals surface area contributed by atoms with Crippen LogP contribution in [0.4, 0.5) is 0 Å². The van der Waals surface area contributed by atoms with E-state index in [0.717, 1.165) is 19.3 Å². The molecule has 124 valence electrons. The van der Waals surface area contributed by atoms with E-state index in [2.05, 4.69) is 25.7 Å². The average molecular weight is 348 g/mol. The second-order valence-corrected chi connectivity index (χ2v) is 6.10. The Balaban J connectivity index is 1.77. The number of tetrazole rings is 1. The van der Waals surface area contributed by atoms with Crippen molar-refractivity contribution < 1.29 is 9.26 Å². The highest BCUT2D eigenvalue weighted by atomic mass is 35.5. The molecule has 0 radical (unpaired) electrons. The molecular formula is C14H14ClN7O2. The number of benzene rings is 1. The number of ether oxygens (including phenoxy) is 1. The van der Waals surface area contributed by atoms with Gasteiger partial charge in [-0.2, -0.15) is 9.67 Å². The Morgan fingerprint density at radius 2 is 2.21 bits per heavy atom. The minimum Gasteiger partial charge on any atom is -0.496 e. The first-order chi connectivity index (χ1) is 11.6. The zero-order chi connectivity index (χ0) is 16.7. The van der Waals surface area contributed by atoms with Crippen molar-refractivity contribution >= 4 is 11.6 Å². The molecule has 1 fully saturated rings. The quantitative estimate of drug-likeness (QED) is 0.757. The maximum Gasteiger partial charge on any atom is 0.261 e. The molecule has 0 spiro atoms. The van der Waals surface area contributed by atoms with Crippen LogP contribution in [0.1, 0.15) is 25.1 Å². The maximum absolute atomic E-state index is 6.35. The van der Waals surface area contributed by atoms with Crippen LogP contribution in [0.25, 0.3) is 17.1 Å².